The van der Waals surface area contributed by atoms with E-state index < -0.39 is 36.2 Å². The summed E-state index contributed by atoms with van der Waals surface area (Å²) in [6.45, 7) is 2.06. The summed E-state index contributed by atoms with van der Waals surface area (Å²) >= 11 is 0. The van der Waals surface area contributed by atoms with Crippen LogP contribution in [0.3, 0.4) is 0 Å². The van der Waals surface area contributed by atoms with Gasteiger partial charge in [-0.3, -0.25) is 4.79 Å². The molecule has 1 aliphatic carbocycles. The maximum atomic E-state index is 13.0. The highest BCUT2D eigenvalue weighted by atomic mass is 19.4. The van der Waals surface area contributed by atoms with Crippen LogP contribution >= 0.6 is 0 Å². The Balaban J connectivity index is 1.59. The number of aryl methyl sites for hydroxylation is 1. The molecule has 2 aromatic rings. The lowest BCUT2D eigenvalue weighted by Crippen LogP contribution is -2.40. The molecule has 0 spiro atoms. The number of carbonyl (C=O) groups is 1. The summed E-state index contributed by atoms with van der Waals surface area (Å²) in [5, 5.41) is 12.8. The van der Waals surface area contributed by atoms with Crippen LogP contribution in [-0.4, -0.2) is 32.7 Å². The van der Waals surface area contributed by atoms with Crippen LogP contribution in [0.1, 0.15) is 29.7 Å². The van der Waals surface area contributed by atoms with Gasteiger partial charge in [-0.15, -0.1) is 0 Å². The summed E-state index contributed by atoms with van der Waals surface area (Å²) < 4.78 is 45.6. The van der Waals surface area contributed by atoms with E-state index in [0.29, 0.717) is 25.6 Å². The number of hydrogen-bond acceptors (Lipinski definition) is 4. The second kappa shape index (κ2) is 7.14. The van der Waals surface area contributed by atoms with Crippen LogP contribution in [0.4, 0.5) is 13.2 Å². The number of imidazole rings is 1. The number of aliphatic hydroxyl groups excluding tert-OH is 1. The maximum absolute atomic E-state index is 13.0. The number of amides is 1. The summed E-state index contributed by atoms with van der Waals surface area (Å²) in [5.74, 6) is -0.337. The first-order chi connectivity index (χ1) is 12.2. The van der Waals surface area contributed by atoms with Crippen molar-refractivity contribution in [2.75, 3.05) is 0 Å². The molecular formula is C17H20F3N3O3. The number of aromatic nitrogens is 2. The Morgan fingerprint density at radius 3 is 2.88 bits per heavy atom. The number of nitrogens with one attached hydrogen (secondary N) is 1. The molecule has 0 aromatic carbocycles. The Morgan fingerprint density at radius 2 is 2.23 bits per heavy atom. The molecule has 2 heterocycles. The number of rotatable bonds is 5. The molecule has 0 saturated heterocycles. The van der Waals surface area contributed by atoms with Gasteiger partial charge in [0.05, 0.1) is 30.5 Å². The summed E-state index contributed by atoms with van der Waals surface area (Å²) in [7, 11) is 0. The van der Waals surface area contributed by atoms with E-state index >= 15 is 0 Å². The molecule has 0 radical (unpaired) electrons. The third-order valence-electron chi connectivity index (χ3n) is 4.75. The zero-order valence-corrected chi connectivity index (χ0v) is 14.2. The first-order valence-corrected chi connectivity index (χ1v) is 8.31. The highest BCUT2D eigenvalue weighted by Crippen LogP contribution is 2.35. The zero-order valence-electron chi connectivity index (χ0n) is 14.2. The van der Waals surface area contributed by atoms with Gasteiger partial charge in [0.1, 0.15) is 12.0 Å². The van der Waals surface area contributed by atoms with Crippen LogP contribution in [-0.2, 0) is 23.9 Å². The third-order valence-corrected chi connectivity index (χ3v) is 4.75. The lowest BCUT2D eigenvalue weighted by Gasteiger charge is -2.17. The molecule has 2 aromatic heterocycles. The Bertz CT molecular complexity index is 755. The fourth-order valence-corrected chi connectivity index (χ4v) is 3.47. The van der Waals surface area contributed by atoms with E-state index in [4.69, 9.17) is 4.42 Å². The fourth-order valence-electron chi connectivity index (χ4n) is 3.47. The quantitative estimate of drug-likeness (QED) is 0.845. The molecule has 26 heavy (non-hydrogen) atoms. The number of furan rings is 1. The molecule has 3 rings (SSSR count). The molecule has 1 aliphatic rings. The number of halogens is 3. The van der Waals surface area contributed by atoms with E-state index in [0.717, 1.165) is 0 Å². The SMILES string of the molecule is Cc1occ(C(F)(F)F)c1CC(=O)N[C@@H]1CC(Cn2ccnc2)C[C@H]1O. The van der Waals surface area contributed by atoms with Crippen LogP contribution in [0, 0.1) is 12.8 Å². The smallest absolute Gasteiger partial charge is 0.419 e. The fraction of sp³-hybridized carbons (Fsp3) is 0.529. The second-order valence-electron chi connectivity index (χ2n) is 6.70. The molecule has 0 bridgehead atoms. The molecule has 6 nitrogen and oxygen atoms in total. The van der Waals surface area contributed by atoms with Crippen molar-refractivity contribution in [3.63, 3.8) is 0 Å². The van der Waals surface area contributed by atoms with Gasteiger partial charge in [0.15, 0.2) is 0 Å². The van der Waals surface area contributed by atoms with Crippen molar-refractivity contribution >= 4 is 5.91 Å². The largest absolute Gasteiger partial charge is 0.469 e. The molecule has 0 aliphatic heterocycles. The highest BCUT2D eigenvalue weighted by Gasteiger charge is 2.38. The minimum atomic E-state index is -4.57. The van der Waals surface area contributed by atoms with E-state index in [1.165, 1.54) is 6.92 Å². The zero-order chi connectivity index (χ0) is 18.9. The number of hydrogen-bond donors (Lipinski definition) is 2. The highest BCUT2D eigenvalue weighted by molar-refractivity contribution is 5.79. The van der Waals surface area contributed by atoms with E-state index in [-0.39, 0.29) is 17.2 Å². The molecule has 142 valence electrons. The minimum Gasteiger partial charge on any atom is -0.469 e. The van der Waals surface area contributed by atoms with E-state index in [2.05, 4.69) is 10.3 Å². The Morgan fingerprint density at radius 1 is 1.46 bits per heavy atom. The Hall–Kier alpha value is -2.29. The van der Waals surface area contributed by atoms with Crippen molar-refractivity contribution < 1.29 is 27.5 Å². The van der Waals surface area contributed by atoms with Crippen molar-refractivity contribution in [1.82, 2.24) is 14.9 Å². The number of aliphatic hydroxyl groups is 1. The molecule has 9 heteroatoms. The van der Waals surface area contributed by atoms with E-state index in [1.807, 2.05) is 10.8 Å². The van der Waals surface area contributed by atoms with Crippen molar-refractivity contribution in [3.8, 4) is 0 Å². The topological polar surface area (TPSA) is 80.3 Å². The van der Waals surface area contributed by atoms with Gasteiger partial charge in [-0.1, -0.05) is 0 Å². The molecule has 1 unspecified atom stereocenters. The number of carbonyl (C=O) groups excluding carboxylic acids is 1. The van der Waals surface area contributed by atoms with Crippen LogP contribution < -0.4 is 5.32 Å². The molecular weight excluding hydrogens is 351 g/mol. The summed E-state index contributed by atoms with van der Waals surface area (Å²) in [5.41, 5.74) is -1.10. The lowest BCUT2D eigenvalue weighted by atomic mass is 10.1. The minimum absolute atomic E-state index is 0.0671. The summed E-state index contributed by atoms with van der Waals surface area (Å²) in [4.78, 5) is 16.2. The lowest BCUT2D eigenvalue weighted by molar-refractivity contribution is -0.138. The van der Waals surface area contributed by atoms with Crippen molar-refractivity contribution in [2.45, 2.75) is 51.1 Å². The van der Waals surface area contributed by atoms with Crippen LogP contribution in [0.5, 0.6) is 0 Å². The van der Waals surface area contributed by atoms with Gasteiger partial charge < -0.3 is 19.4 Å². The van der Waals surface area contributed by atoms with E-state index in [1.54, 1.807) is 12.5 Å². The van der Waals surface area contributed by atoms with Gasteiger partial charge in [0, 0.05) is 24.5 Å². The van der Waals surface area contributed by atoms with Crippen LogP contribution in [0.25, 0.3) is 0 Å². The standard InChI is InChI=1S/C17H20F3N3O3/c1-10-12(13(8-26-10)17(18,19)20)6-16(25)22-14-4-11(5-15(14)24)7-23-3-2-21-9-23/h2-3,8-9,11,14-15,24H,4-7H2,1H3,(H,22,25)/t11?,14-,15-/m1/s1. The predicted octanol–water partition coefficient (Wildman–Crippen LogP) is 2.30. The van der Waals surface area contributed by atoms with Crippen molar-refractivity contribution in [2.24, 2.45) is 5.92 Å². The number of alkyl halides is 3. The predicted molar refractivity (Wildman–Crippen MR) is 85.0 cm³/mol. The normalized spacial score (nSPS) is 23.3. The Kier molecular flexibility index (Phi) is 5.08. The van der Waals surface area contributed by atoms with Crippen molar-refractivity contribution in [1.29, 1.82) is 0 Å². The first-order valence-electron chi connectivity index (χ1n) is 8.31. The monoisotopic (exact) mass is 371 g/mol. The molecule has 2 N–H and O–H groups in total. The third kappa shape index (κ3) is 4.09. The molecule has 1 saturated carbocycles. The van der Waals surface area contributed by atoms with Gasteiger partial charge in [-0.05, 0) is 25.7 Å². The van der Waals surface area contributed by atoms with Gasteiger partial charge >= 0.3 is 6.18 Å². The molecule has 3 atom stereocenters. The maximum Gasteiger partial charge on any atom is 0.419 e. The average molecular weight is 371 g/mol. The van der Waals surface area contributed by atoms with Gasteiger partial charge in [0.25, 0.3) is 0 Å². The summed E-state index contributed by atoms with van der Waals surface area (Å²) in [6, 6.07) is -0.474. The second-order valence-corrected chi connectivity index (χ2v) is 6.70. The first kappa shape index (κ1) is 18.5. The summed E-state index contributed by atoms with van der Waals surface area (Å²) in [6.07, 6.45) is 1.13. The molecule has 1 amide bonds. The Labute approximate surface area is 148 Å². The van der Waals surface area contributed by atoms with Crippen LogP contribution in [0.2, 0.25) is 0 Å². The van der Waals surface area contributed by atoms with E-state index in [9.17, 15) is 23.1 Å². The van der Waals surface area contributed by atoms with Gasteiger partial charge in [-0.25, -0.2) is 4.98 Å². The van der Waals surface area contributed by atoms with Gasteiger partial charge in [-0.2, -0.15) is 13.2 Å². The van der Waals surface area contributed by atoms with Gasteiger partial charge in [0.2, 0.25) is 5.91 Å². The van der Waals surface area contributed by atoms with Crippen molar-refractivity contribution in [3.05, 3.63) is 41.9 Å². The molecule has 1 fully saturated rings. The average Bonchev–Trinajstić information content (AvgIpc) is 3.23. The van der Waals surface area contributed by atoms with Crippen LogP contribution in [0.15, 0.2) is 29.4 Å². The number of nitrogens with zero attached hydrogens (tertiary/aromatic N) is 2.